The van der Waals surface area contributed by atoms with Gasteiger partial charge < -0.3 is 5.73 Å². The Labute approximate surface area is 117 Å². The molecule has 9 heteroatoms. The van der Waals surface area contributed by atoms with Crippen molar-refractivity contribution in [3.05, 3.63) is 32.6 Å². The summed E-state index contributed by atoms with van der Waals surface area (Å²) in [5.41, 5.74) is 4.18. The summed E-state index contributed by atoms with van der Waals surface area (Å²) >= 11 is 1.16. The van der Waals surface area contributed by atoms with E-state index in [0.29, 0.717) is 21.9 Å². The SMILES string of the molecule is Cn1[nH]c(=O)c(=O)nc1Sc1cc(N)nc(C2CC2)n1. The summed E-state index contributed by atoms with van der Waals surface area (Å²) in [7, 11) is 1.60. The maximum atomic E-state index is 11.3. The molecule has 0 unspecified atom stereocenters. The van der Waals surface area contributed by atoms with Gasteiger partial charge in [0.05, 0.1) is 0 Å². The van der Waals surface area contributed by atoms with Crippen molar-refractivity contribution >= 4 is 17.6 Å². The predicted molar refractivity (Wildman–Crippen MR) is 72.6 cm³/mol. The number of aromatic nitrogens is 5. The number of nitrogens with zero attached hydrogens (tertiary/aromatic N) is 4. The standard InChI is InChI=1S/C11H12N6O2S/c1-17-11(15-9(18)10(19)16-17)20-7-4-6(12)13-8(14-7)5-2-3-5/h4-5H,2-3H2,1H3,(H,16,19)(H2,12,13,14). The Balaban J connectivity index is 1.97. The molecule has 2 aromatic rings. The molecule has 104 valence electrons. The fourth-order valence-corrected chi connectivity index (χ4v) is 2.50. The molecular formula is C11H12N6O2S. The summed E-state index contributed by atoms with van der Waals surface area (Å²) in [6.45, 7) is 0. The van der Waals surface area contributed by atoms with Crippen molar-refractivity contribution in [3.63, 3.8) is 0 Å². The first kappa shape index (κ1) is 12.9. The molecule has 8 nitrogen and oxygen atoms in total. The minimum absolute atomic E-state index is 0.342. The van der Waals surface area contributed by atoms with Gasteiger partial charge in [0.1, 0.15) is 16.7 Å². The first-order valence-corrected chi connectivity index (χ1v) is 6.84. The highest BCUT2D eigenvalue weighted by molar-refractivity contribution is 7.99. The molecule has 0 bridgehead atoms. The van der Waals surface area contributed by atoms with Crippen LogP contribution in [0.5, 0.6) is 0 Å². The molecule has 0 radical (unpaired) electrons. The highest BCUT2D eigenvalue weighted by Crippen LogP contribution is 2.39. The summed E-state index contributed by atoms with van der Waals surface area (Å²) < 4.78 is 1.38. The quantitative estimate of drug-likeness (QED) is 0.597. The van der Waals surface area contributed by atoms with Gasteiger partial charge in [-0.3, -0.25) is 19.4 Å². The maximum absolute atomic E-state index is 11.3. The number of anilines is 1. The predicted octanol–water partition coefficient (Wildman–Crippen LogP) is -0.131. The van der Waals surface area contributed by atoms with Crippen molar-refractivity contribution < 1.29 is 0 Å². The number of nitrogens with two attached hydrogens (primary N) is 1. The van der Waals surface area contributed by atoms with Gasteiger partial charge >= 0.3 is 11.1 Å². The normalized spacial score (nSPS) is 14.4. The number of nitrogens with one attached hydrogen (secondary N) is 1. The van der Waals surface area contributed by atoms with Crippen LogP contribution in [0.4, 0.5) is 5.82 Å². The molecule has 0 aromatic carbocycles. The highest BCUT2D eigenvalue weighted by Gasteiger charge is 2.27. The molecular weight excluding hydrogens is 280 g/mol. The first-order valence-electron chi connectivity index (χ1n) is 6.02. The van der Waals surface area contributed by atoms with Gasteiger partial charge in [-0.15, -0.1) is 0 Å². The zero-order valence-corrected chi connectivity index (χ0v) is 11.5. The van der Waals surface area contributed by atoms with E-state index in [1.165, 1.54) is 4.68 Å². The molecule has 1 aliphatic rings. The van der Waals surface area contributed by atoms with Crippen LogP contribution in [0.3, 0.4) is 0 Å². The Kier molecular flexibility index (Phi) is 3.05. The van der Waals surface area contributed by atoms with E-state index >= 15 is 0 Å². The fourth-order valence-electron chi connectivity index (χ4n) is 1.68. The average Bonchev–Trinajstić information content (AvgIpc) is 3.19. The first-order chi connectivity index (χ1) is 9.52. The minimum Gasteiger partial charge on any atom is -0.384 e. The molecule has 2 aromatic heterocycles. The van der Waals surface area contributed by atoms with Crippen LogP contribution in [-0.2, 0) is 7.05 Å². The topological polar surface area (TPSA) is 120 Å². The summed E-state index contributed by atoms with van der Waals surface area (Å²) in [5.74, 6) is 1.49. The molecule has 3 N–H and O–H groups in total. The third-order valence-corrected chi connectivity index (χ3v) is 3.79. The van der Waals surface area contributed by atoms with Gasteiger partial charge in [-0.1, -0.05) is 0 Å². The van der Waals surface area contributed by atoms with Crippen molar-refractivity contribution in [3.8, 4) is 0 Å². The van der Waals surface area contributed by atoms with Crippen molar-refractivity contribution in [2.75, 3.05) is 5.73 Å². The summed E-state index contributed by atoms with van der Waals surface area (Å²) in [4.78, 5) is 34.8. The highest BCUT2D eigenvalue weighted by atomic mass is 32.2. The van der Waals surface area contributed by atoms with Gasteiger partial charge in [0, 0.05) is 19.0 Å². The van der Waals surface area contributed by atoms with E-state index in [2.05, 4.69) is 20.1 Å². The van der Waals surface area contributed by atoms with Gasteiger partial charge in [-0.2, -0.15) is 4.98 Å². The number of aromatic amines is 1. The number of aryl methyl sites for hydroxylation is 1. The second-order valence-electron chi connectivity index (χ2n) is 4.57. The molecule has 2 heterocycles. The summed E-state index contributed by atoms with van der Waals surface area (Å²) in [5, 5.41) is 3.33. The van der Waals surface area contributed by atoms with E-state index in [9.17, 15) is 9.59 Å². The lowest BCUT2D eigenvalue weighted by Crippen LogP contribution is -2.33. The second-order valence-corrected chi connectivity index (χ2v) is 5.55. The Hall–Kier alpha value is -2.16. The lowest BCUT2D eigenvalue weighted by Gasteiger charge is -2.07. The summed E-state index contributed by atoms with van der Waals surface area (Å²) in [6, 6.07) is 1.62. The minimum atomic E-state index is -0.824. The Morgan fingerprint density at radius 2 is 2.10 bits per heavy atom. The maximum Gasteiger partial charge on any atom is 0.339 e. The molecule has 0 saturated heterocycles. The van der Waals surface area contributed by atoms with Crippen molar-refractivity contribution in [1.29, 1.82) is 0 Å². The van der Waals surface area contributed by atoms with E-state index in [1.54, 1.807) is 13.1 Å². The zero-order valence-electron chi connectivity index (χ0n) is 10.7. The van der Waals surface area contributed by atoms with Crippen molar-refractivity contribution in [2.24, 2.45) is 7.05 Å². The number of hydrogen-bond donors (Lipinski definition) is 2. The van der Waals surface area contributed by atoms with E-state index in [-0.39, 0.29) is 0 Å². The second kappa shape index (κ2) is 4.75. The van der Waals surface area contributed by atoms with Crippen LogP contribution in [0.15, 0.2) is 25.8 Å². The monoisotopic (exact) mass is 292 g/mol. The van der Waals surface area contributed by atoms with E-state index in [1.807, 2.05) is 0 Å². The van der Waals surface area contributed by atoms with E-state index < -0.39 is 11.1 Å². The number of rotatable bonds is 3. The summed E-state index contributed by atoms with van der Waals surface area (Å²) in [6.07, 6.45) is 2.14. The molecule has 0 aliphatic heterocycles. The van der Waals surface area contributed by atoms with Crippen LogP contribution in [0.25, 0.3) is 0 Å². The molecule has 0 amide bonds. The fraction of sp³-hybridized carbons (Fsp3) is 0.364. The largest absolute Gasteiger partial charge is 0.384 e. The zero-order chi connectivity index (χ0) is 14.3. The van der Waals surface area contributed by atoms with E-state index in [0.717, 1.165) is 30.4 Å². The van der Waals surface area contributed by atoms with Crippen LogP contribution in [0, 0.1) is 0 Å². The molecule has 0 atom stereocenters. The Morgan fingerprint density at radius 3 is 2.80 bits per heavy atom. The lowest BCUT2D eigenvalue weighted by molar-refractivity contribution is 0.596. The Morgan fingerprint density at radius 1 is 1.35 bits per heavy atom. The van der Waals surface area contributed by atoms with Crippen LogP contribution >= 0.6 is 11.8 Å². The van der Waals surface area contributed by atoms with Crippen LogP contribution in [-0.4, -0.2) is 24.7 Å². The van der Waals surface area contributed by atoms with Crippen molar-refractivity contribution in [1.82, 2.24) is 24.7 Å². The third kappa shape index (κ3) is 2.57. The van der Waals surface area contributed by atoms with Gasteiger partial charge in [0.15, 0.2) is 5.16 Å². The molecule has 1 aliphatic carbocycles. The lowest BCUT2D eigenvalue weighted by atomic mass is 10.4. The van der Waals surface area contributed by atoms with Gasteiger partial charge in [0.25, 0.3) is 0 Å². The van der Waals surface area contributed by atoms with Crippen molar-refractivity contribution in [2.45, 2.75) is 28.9 Å². The molecule has 1 saturated carbocycles. The molecule has 1 fully saturated rings. The Bertz CT molecular complexity index is 779. The molecule has 20 heavy (non-hydrogen) atoms. The van der Waals surface area contributed by atoms with Crippen LogP contribution < -0.4 is 16.9 Å². The molecule has 0 spiro atoms. The number of nitrogen functional groups attached to an aromatic ring is 1. The number of hydrogen-bond acceptors (Lipinski definition) is 7. The van der Waals surface area contributed by atoms with Gasteiger partial charge in [-0.05, 0) is 24.6 Å². The molecule has 3 rings (SSSR count). The van der Waals surface area contributed by atoms with Gasteiger partial charge in [0.2, 0.25) is 0 Å². The van der Waals surface area contributed by atoms with Gasteiger partial charge in [-0.25, -0.2) is 9.97 Å². The average molecular weight is 292 g/mol. The van der Waals surface area contributed by atoms with Crippen LogP contribution in [0.1, 0.15) is 24.6 Å². The number of H-pyrrole nitrogens is 1. The van der Waals surface area contributed by atoms with E-state index in [4.69, 9.17) is 5.73 Å². The van der Waals surface area contributed by atoms with Crippen LogP contribution in [0.2, 0.25) is 0 Å². The smallest absolute Gasteiger partial charge is 0.339 e. The third-order valence-electron chi connectivity index (χ3n) is 2.83.